The number of hydrogen-bond donors (Lipinski definition) is 1. The van der Waals surface area contributed by atoms with Gasteiger partial charge in [0, 0.05) is 25.6 Å². The highest BCUT2D eigenvalue weighted by Crippen LogP contribution is 2.49. The molecule has 1 aromatic rings. The predicted molar refractivity (Wildman–Crippen MR) is 108 cm³/mol. The van der Waals surface area contributed by atoms with Crippen molar-refractivity contribution in [2.75, 3.05) is 20.2 Å². The summed E-state index contributed by atoms with van der Waals surface area (Å²) in [5.74, 6) is 3.11. The highest BCUT2D eigenvalue weighted by molar-refractivity contribution is 5.89. The lowest BCUT2D eigenvalue weighted by Gasteiger charge is -2.29. The normalized spacial score (nSPS) is 29.9. The van der Waals surface area contributed by atoms with E-state index in [4.69, 9.17) is 4.74 Å². The van der Waals surface area contributed by atoms with Gasteiger partial charge < -0.3 is 15.0 Å². The Morgan fingerprint density at radius 2 is 2.04 bits per heavy atom. The van der Waals surface area contributed by atoms with E-state index in [0.717, 1.165) is 24.0 Å². The fraction of sp³-hybridized carbons (Fsp3) is 0.652. The number of nitrogens with one attached hydrogen (secondary N) is 1. The molecule has 1 N–H and O–H groups in total. The molecule has 0 unspecified atom stereocenters. The fourth-order valence-corrected chi connectivity index (χ4v) is 5.58. The van der Waals surface area contributed by atoms with Crippen LogP contribution in [0.5, 0.6) is 5.75 Å². The second-order valence-electron chi connectivity index (χ2n) is 8.97. The van der Waals surface area contributed by atoms with E-state index in [-0.39, 0.29) is 23.8 Å². The molecule has 0 spiro atoms. The van der Waals surface area contributed by atoms with Gasteiger partial charge in [-0.1, -0.05) is 18.6 Å². The molecule has 3 aliphatic rings. The lowest BCUT2D eigenvalue weighted by molar-refractivity contribution is -0.129. The number of methoxy groups -OCH3 is 1. The number of nitrogens with zero attached hydrogens (tertiary/aromatic N) is 1. The van der Waals surface area contributed by atoms with Gasteiger partial charge in [0.1, 0.15) is 5.75 Å². The van der Waals surface area contributed by atoms with Crippen LogP contribution >= 0.6 is 0 Å². The Morgan fingerprint density at radius 1 is 1.25 bits per heavy atom. The largest absolute Gasteiger partial charge is 0.497 e. The van der Waals surface area contributed by atoms with Gasteiger partial charge in [-0.2, -0.15) is 0 Å². The molecule has 2 amide bonds. The number of ether oxygens (including phenoxy) is 1. The van der Waals surface area contributed by atoms with Crippen LogP contribution in [0.3, 0.4) is 0 Å². The van der Waals surface area contributed by atoms with Crippen molar-refractivity contribution in [1.29, 1.82) is 0 Å². The number of likely N-dealkylation sites (tertiary alicyclic amines) is 1. The fourth-order valence-electron chi connectivity index (χ4n) is 5.58. The Morgan fingerprint density at radius 3 is 2.68 bits per heavy atom. The van der Waals surface area contributed by atoms with Crippen LogP contribution in [-0.2, 0) is 16.0 Å². The zero-order chi connectivity index (χ0) is 19.7. The molecule has 5 atom stereocenters. The molecule has 1 aromatic carbocycles. The van der Waals surface area contributed by atoms with E-state index >= 15 is 0 Å². The van der Waals surface area contributed by atoms with Crippen molar-refractivity contribution in [3.8, 4) is 5.75 Å². The van der Waals surface area contributed by atoms with Gasteiger partial charge in [0.05, 0.1) is 13.0 Å². The number of amides is 2. The van der Waals surface area contributed by atoms with Crippen LogP contribution in [0.4, 0.5) is 0 Å². The summed E-state index contributed by atoms with van der Waals surface area (Å²) in [7, 11) is 1.65. The number of carbonyl (C=O) groups excluding carboxylic acids is 2. The van der Waals surface area contributed by atoms with Gasteiger partial charge in [0.25, 0.3) is 0 Å². The van der Waals surface area contributed by atoms with E-state index in [0.29, 0.717) is 25.4 Å². The Kier molecular flexibility index (Phi) is 5.61. The first-order chi connectivity index (χ1) is 13.5. The zero-order valence-electron chi connectivity index (χ0n) is 17.0. The summed E-state index contributed by atoms with van der Waals surface area (Å²) in [6.45, 7) is 3.36. The molecular formula is C23H32N2O3. The van der Waals surface area contributed by atoms with Crippen LogP contribution in [0, 0.1) is 23.7 Å². The molecule has 0 radical (unpaired) electrons. The van der Waals surface area contributed by atoms with Gasteiger partial charge in [-0.25, -0.2) is 0 Å². The van der Waals surface area contributed by atoms with Crippen molar-refractivity contribution in [3.05, 3.63) is 29.8 Å². The summed E-state index contributed by atoms with van der Waals surface area (Å²) in [5.41, 5.74) is 1.17. The second-order valence-corrected chi connectivity index (χ2v) is 8.97. The highest BCUT2D eigenvalue weighted by Gasteiger charge is 2.43. The quantitative estimate of drug-likeness (QED) is 0.786. The summed E-state index contributed by atoms with van der Waals surface area (Å²) < 4.78 is 5.18. The van der Waals surface area contributed by atoms with E-state index in [9.17, 15) is 9.59 Å². The standard InChI is InChI=1S/C23H32N2O3/c1-15(21-12-17-3-6-18(21)11-17)24-23(27)19-13-22(26)25(14-19)10-9-16-4-7-20(28-2)8-5-16/h4-5,7-8,15,17-19,21H,3,6,9-14H2,1-2H3,(H,24,27)/t15-,17-,18-,19+,21+/m0/s1. The van der Waals surface area contributed by atoms with Gasteiger partial charge in [-0.15, -0.1) is 0 Å². The summed E-state index contributed by atoms with van der Waals surface area (Å²) in [6.07, 6.45) is 6.47. The number of benzene rings is 1. The molecule has 152 valence electrons. The Labute approximate surface area is 167 Å². The van der Waals surface area contributed by atoms with Gasteiger partial charge in [-0.3, -0.25) is 9.59 Å². The van der Waals surface area contributed by atoms with E-state index in [2.05, 4.69) is 12.2 Å². The molecule has 2 saturated carbocycles. The molecular weight excluding hydrogens is 352 g/mol. The second kappa shape index (κ2) is 8.14. The van der Waals surface area contributed by atoms with Crippen LogP contribution in [0.15, 0.2) is 24.3 Å². The third kappa shape index (κ3) is 4.03. The first-order valence-corrected chi connectivity index (χ1v) is 10.7. The number of carbonyl (C=O) groups is 2. The van der Waals surface area contributed by atoms with Crippen molar-refractivity contribution in [2.45, 2.75) is 51.5 Å². The van der Waals surface area contributed by atoms with E-state index in [1.807, 2.05) is 29.2 Å². The van der Waals surface area contributed by atoms with Crippen molar-refractivity contribution in [2.24, 2.45) is 23.7 Å². The van der Waals surface area contributed by atoms with E-state index in [1.165, 1.54) is 31.2 Å². The van der Waals surface area contributed by atoms with Crippen LogP contribution in [0.25, 0.3) is 0 Å². The van der Waals surface area contributed by atoms with Gasteiger partial charge in [0.15, 0.2) is 0 Å². The third-order valence-corrected chi connectivity index (χ3v) is 7.22. The maximum absolute atomic E-state index is 12.8. The smallest absolute Gasteiger partial charge is 0.225 e. The van der Waals surface area contributed by atoms with Gasteiger partial charge >= 0.3 is 0 Å². The van der Waals surface area contributed by atoms with Crippen molar-refractivity contribution in [3.63, 3.8) is 0 Å². The van der Waals surface area contributed by atoms with Crippen LogP contribution in [-0.4, -0.2) is 43.0 Å². The SMILES string of the molecule is COc1ccc(CCN2C[C@H](C(=O)N[C@@H](C)[C@H]3C[C@H]4CC[C@H]3C4)CC2=O)cc1. The van der Waals surface area contributed by atoms with Crippen molar-refractivity contribution >= 4 is 11.8 Å². The summed E-state index contributed by atoms with van der Waals surface area (Å²) in [6, 6.07) is 8.16. The average molecular weight is 385 g/mol. The minimum atomic E-state index is -0.204. The summed E-state index contributed by atoms with van der Waals surface area (Å²) in [5, 5.41) is 3.24. The maximum Gasteiger partial charge on any atom is 0.225 e. The van der Waals surface area contributed by atoms with E-state index in [1.54, 1.807) is 7.11 Å². The van der Waals surface area contributed by atoms with Crippen molar-refractivity contribution < 1.29 is 14.3 Å². The molecule has 2 bridgehead atoms. The Bertz CT molecular complexity index is 717. The highest BCUT2D eigenvalue weighted by atomic mass is 16.5. The van der Waals surface area contributed by atoms with Gasteiger partial charge in [-0.05, 0) is 68.1 Å². The minimum absolute atomic E-state index is 0.0653. The monoisotopic (exact) mass is 384 g/mol. The number of fused-ring (bicyclic) bond motifs is 2. The average Bonchev–Trinajstić information content (AvgIpc) is 3.42. The molecule has 1 heterocycles. The number of hydrogen-bond acceptors (Lipinski definition) is 3. The molecule has 1 saturated heterocycles. The Hall–Kier alpha value is -2.04. The molecule has 0 aromatic heterocycles. The molecule has 1 aliphatic heterocycles. The zero-order valence-corrected chi connectivity index (χ0v) is 17.0. The molecule has 28 heavy (non-hydrogen) atoms. The predicted octanol–water partition coefficient (Wildman–Crippen LogP) is 3.03. The lowest BCUT2D eigenvalue weighted by Crippen LogP contribution is -2.43. The first kappa shape index (κ1) is 19.3. The minimum Gasteiger partial charge on any atom is -0.497 e. The topological polar surface area (TPSA) is 58.6 Å². The van der Waals surface area contributed by atoms with Crippen LogP contribution in [0.2, 0.25) is 0 Å². The van der Waals surface area contributed by atoms with Crippen LogP contribution in [0.1, 0.15) is 44.6 Å². The molecule has 4 rings (SSSR count). The molecule has 5 heteroatoms. The lowest BCUT2D eigenvalue weighted by atomic mass is 9.84. The maximum atomic E-state index is 12.8. The van der Waals surface area contributed by atoms with E-state index < -0.39 is 0 Å². The third-order valence-electron chi connectivity index (χ3n) is 7.22. The summed E-state index contributed by atoms with van der Waals surface area (Å²) >= 11 is 0. The number of rotatable bonds is 7. The van der Waals surface area contributed by atoms with Crippen LogP contribution < -0.4 is 10.1 Å². The molecule has 2 aliphatic carbocycles. The molecule has 5 nitrogen and oxygen atoms in total. The first-order valence-electron chi connectivity index (χ1n) is 10.7. The molecule has 3 fully saturated rings. The Balaban J connectivity index is 1.25. The van der Waals surface area contributed by atoms with Crippen molar-refractivity contribution in [1.82, 2.24) is 10.2 Å². The van der Waals surface area contributed by atoms with Gasteiger partial charge in [0.2, 0.25) is 11.8 Å². The summed E-state index contributed by atoms with van der Waals surface area (Å²) in [4.78, 5) is 27.0.